The normalized spacial score (nSPS) is 17.3. The van der Waals surface area contributed by atoms with Gasteiger partial charge < -0.3 is 21.4 Å². The molecule has 0 amide bonds. The standard InChI is InChI=1S/C20H21N7S/c21-13-3-2-8-27(11-13)18-5-1-4-17(24-18)15-10-23-16-7-6-12(9-14(15)16)19-25-26-20(22)28-19/h1,4-7,9-10,13,23H,2-3,8,11,21H2,(H2,22,26)/t13-/m0/s1. The molecule has 0 spiro atoms. The number of hydrogen-bond acceptors (Lipinski definition) is 7. The van der Waals surface area contributed by atoms with Crippen LogP contribution >= 0.6 is 11.3 Å². The van der Waals surface area contributed by atoms with E-state index in [2.05, 4.69) is 44.3 Å². The van der Waals surface area contributed by atoms with Crippen LogP contribution in [0, 0.1) is 0 Å². The van der Waals surface area contributed by atoms with Gasteiger partial charge in [-0.1, -0.05) is 17.4 Å². The summed E-state index contributed by atoms with van der Waals surface area (Å²) >= 11 is 1.39. The predicted octanol–water partition coefficient (Wildman–Crippen LogP) is 3.26. The molecule has 1 fully saturated rings. The van der Waals surface area contributed by atoms with E-state index in [1.54, 1.807) is 0 Å². The van der Waals surface area contributed by atoms with E-state index in [1.807, 2.05) is 18.3 Å². The number of anilines is 2. The minimum atomic E-state index is 0.217. The molecule has 1 aromatic carbocycles. The number of hydrogen-bond donors (Lipinski definition) is 3. The smallest absolute Gasteiger partial charge is 0.203 e. The average Bonchev–Trinajstić information content (AvgIpc) is 3.34. The first-order chi connectivity index (χ1) is 13.7. The number of nitrogens with zero attached hydrogens (tertiary/aromatic N) is 4. The Hall–Kier alpha value is -2.97. The van der Waals surface area contributed by atoms with Crippen molar-refractivity contribution in [1.82, 2.24) is 20.2 Å². The van der Waals surface area contributed by atoms with Crippen LogP contribution in [0.3, 0.4) is 0 Å². The summed E-state index contributed by atoms with van der Waals surface area (Å²) in [5.74, 6) is 0.982. The monoisotopic (exact) mass is 391 g/mol. The zero-order valence-corrected chi connectivity index (χ0v) is 16.1. The number of fused-ring (bicyclic) bond motifs is 1. The maximum atomic E-state index is 6.15. The lowest BCUT2D eigenvalue weighted by atomic mass is 10.1. The van der Waals surface area contributed by atoms with E-state index < -0.39 is 0 Å². The van der Waals surface area contributed by atoms with Crippen molar-refractivity contribution in [2.24, 2.45) is 5.73 Å². The van der Waals surface area contributed by atoms with Crippen LogP contribution in [0.5, 0.6) is 0 Å². The third-order valence-corrected chi connectivity index (χ3v) is 5.96. The van der Waals surface area contributed by atoms with Crippen molar-refractivity contribution >= 4 is 33.2 Å². The van der Waals surface area contributed by atoms with Crippen molar-refractivity contribution < 1.29 is 0 Å². The predicted molar refractivity (Wildman–Crippen MR) is 114 cm³/mol. The summed E-state index contributed by atoms with van der Waals surface area (Å²) in [5, 5.41) is 10.5. The molecule has 8 heteroatoms. The fraction of sp³-hybridized carbons (Fsp3) is 0.250. The molecule has 4 aromatic rings. The Morgan fingerprint density at radius 2 is 2.11 bits per heavy atom. The highest BCUT2D eigenvalue weighted by molar-refractivity contribution is 7.18. The van der Waals surface area contributed by atoms with Gasteiger partial charge >= 0.3 is 0 Å². The van der Waals surface area contributed by atoms with Gasteiger partial charge in [-0.15, -0.1) is 10.2 Å². The molecular formula is C20H21N7S. The fourth-order valence-electron chi connectivity index (χ4n) is 3.78. The number of piperidine rings is 1. The van der Waals surface area contributed by atoms with Gasteiger partial charge in [0.15, 0.2) is 0 Å². The summed E-state index contributed by atoms with van der Waals surface area (Å²) in [4.78, 5) is 10.6. The summed E-state index contributed by atoms with van der Waals surface area (Å²) in [6, 6.07) is 12.6. The molecule has 1 aliphatic rings. The van der Waals surface area contributed by atoms with Gasteiger partial charge in [0.1, 0.15) is 10.8 Å². The van der Waals surface area contributed by atoms with Crippen LogP contribution in [-0.4, -0.2) is 39.3 Å². The Balaban J connectivity index is 1.55. The number of nitrogen functional groups attached to an aromatic ring is 1. The van der Waals surface area contributed by atoms with Crippen LogP contribution < -0.4 is 16.4 Å². The second kappa shape index (κ2) is 6.88. The number of H-pyrrole nitrogens is 1. The quantitative estimate of drug-likeness (QED) is 0.494. The molecule has 5 rings (SSSR count). The Bertz CT molecular complexity index is 1130. The number of nitrogens with two attached hydrogens (primary N) is 2. The lowest BCUT2D eigenvalue weighted by Crippen LogP contribution is -2.43. The van der Waals surface area contributed by atoms with Crippen molar-refractivity contribution in [2.75, 3.05) is 23.7 Å². The molecule has 28 heavy (non-hydrogen) atoms. The molecule has 0 radical (unpaired) electrons. The highest BCUT2D eigenvalue weighted by atomic mass is 32.1. The van der Waals surface area contributed by atoms with E-state index in [0.29, 0.717) is 5.13 Å². The van der Waals surface area contributed by atoms with Crippen molar-refractivity contribution in [2.45, 2.75) is 18.9 Å². The first-order valence-electron chi connectivity index (χ1n) is 9.36. The molecule has 0 saturated carbocycles. The number of benzene rings is 1. The summed E-state index contributed by atoms with van der Waals surface area (Å²) in [7, 11) is 0. The summed E-state index contributed by atoms with van der Waals surface area (Å²) < 4.78 is 0. The highest BCUT2D eigenvalue weighted by Crippen LogP contribution is 2.33. The molecule has 1 atom stereocenters. The molecular weight excluding hydrogens is 370 g/mol. The number of rotatable bonds is 3. The lowest BCUT2D eigenvalue weighted by molar-refractivity contribution is 0.503. The van der Waals surface area contributed by atoms with Crippen molar-refractivity contribution in [3.63, 3.8) is 0 Å². The maximum absolute atomic E-state index is 6.15. The topological polar surface area (TPSA) is 110 Å². The van der Waals surface area contributed by atoms with Crippen LogP contribution in [0.15, 0.2) is 42.6 Å². The van der Waals surface area contributed by atoms with E-state index in [4.69, 9.17) is 16.5 Å². The van der Waals surface area contributed by atoms with E-state index in [1.165, 1.54) is 11.3 Å². The molecule has 1 aliphatic heterocycles. The number of nitrogens with one attached hydrogen (secondary N) is 1. The van der Waals surface area contributed by atoms with Gasteiger partial charge in [-0.25, -0.2) is 4.98 Å². The number of aromatic amines is 1. The van der Waals surface area contributed by atoms with Gasteiger partial charge in [0.2, 0.25) is 5.13 Å². The van der Waals surface area contributed by atoms with E-state index >= 15 is 0 Å². The van der Waals surface area contributed by atoms with Crippen molar-refractivity contribution in [3.05, 3.63) is 42.6 Å². The first kappa shape index (κ1) is 17.2. The van der Waals surface area contributed by atoms with E-state index in [9.17, 15) is 0 Å². The van der Waals surface area contributed by atoms with Crippen molar-refractivity contribution in [1.29, 1.82) is 0 Å². The average molecular weight is 392 g/mol. The molecule has 142 valence electrons. The first-order valence-corrected chi connectivity index (χ1v) is 10.2. The van der Waals surface area contributed by atoms with Crippen LogP contribution in [0.2, 0.25) is 0 Å². The zero-order valence-electron chi connectivity index (χ0n) is 15.3. The van der Waals surface area contributed by atoms with Crippen LogP contribution in [-0.2, 0) is 0 Å². The number of aromatic nitrogens is 4. The molecule has 3 aromatic heterocycles. The minimum absolute atomic E-state index is 0.217. The summed E-state index contributed by atoms with van der Waals surface area (Å²) in [6.07, 6.45) is 4.20. The Morgan fingerprint density at radius 1 is 1.18 bits per heavy atom. The van der Waals surface area contributed by atoms with Crippen LogP contribution in [0.25, 0.3) is 32.7 Å². The maximum Gasteiger partial charge on any atom is 0.203 e. The fourth-order valence-corrected chi connectivity index (χ4v) is 4.39. The minimum Gasteiger partial charge on any atom is -0.374 e. The molecule has 5 N–H and O–H groups in total. The second-order valence-corrected chi connectivity index (χ2v) is 8.15. The highest BCUT2D eigenvalue weighted by Gasteiger charge is 2.19. The van der Waals surface area contributed by atoms with Gasteiger partial charge in [0, 0.05) is 47.4 Å². The van der Waals surface area contributed by atoms with Gasteiger partial charge in [-0.05, 0) is 43.2 Å². The van der Waals surface area contributed by atoms with Crippen molar-refractivity contribution in [3.8, 4) is 21.8 Å². The van der Waals surface area contributed by atoms with Gasteiger partial charge in [-0.2, -0.15) is 0 Å². The Morgan fingerprint density at radius 3 is 2.93 bits per heavy atom. The number of pyridine rings is 1. The SMILES string of the molecule is Nc1nnc(-c2ccc3[nH]cc(-c4cccc(N5CCC[C@H](N)C5)n4)c3c2)s1. The van der Waals surface area contributed by atoms with Gasteiger partial charge in [-0.3, -0.25) is 0 Å². The molecule has 0 aliphatic carbocycles. The van der Waals surface area contributed by atoms with Gasteiger partial charge in [0.05, 0.1) is 5.69 Å². The van der Waals surface area contributed by atoms with Crippen LogP contribution in [0.1, 0.15) is 12.8 Å². The van der Waals surface area contributed by atoms with Crippen LogP contribution in [0.4, 0.5) is 10.9 Å². The molecule has 7 nitrogen and oxygen atoms in total. The largest absolute Gasteiger partial charge is 0.374 e. The molecule has 0 unspecified atom stereocenters. The summed E-state index contributed by atoms with van der Waals surface area (Å²) in [6.45, 7) is 1.85. The molecule has 1 saturated heterocycles. The van der Waals surface area contributed by atoms with Gasteiger partial charge in [0.25, 0.3) is 0 Å². The third kappa shape index (κ3) is 3.10. The lowest BCUT2D eigenvalue weighted by Gasteiger charge is -2.31. The molecule has 0 bridgehead atoms. The van der Waals surface area contributed by atoms with E-state index in [-0.39, 0.29) is 6.04 Å². The second-order valence-electron chi connectivity index (χ2n) is 7.14. The third-order valence-electron chi connectivity index (χ3n) is 5.16. The Labute approximate surface area is 166 Å². The van der Waals surface area contributed by atoms with E-state index in [0.717, 1.165) is 64.5 Å². The summed E-state index contributed by atoms with van der Waals surface area (Å²) in [5.41, 5.74) is 16.0. The molecule has 4 heterocycles. The Kier molecular flexibility index (Phi) is 4.22. The zero-order chi connectivity index (χ0) is 19.1.